The van der Waals surface area contributed by atoms with E-state index in [0.717, 1.165) is 22.3 Å². The molecule has 5 nitrogen and oxygen atoms in total. The smallest absolute Gasteiger partial charge is 0.148 e. The van der Waals surface area contributed by atoms with Gasteiger partial charge in [-0.2, -0.15) is 10.0 Å². The molecule has 5 atom stereocenters. The minimum atomic E-state index is -1.12. The Labute approximate surface area is 270 Å². The summed E-state index contributed by atoms with van der Waals surface area (Å²) in [5, 5.41) is 3.48. The molecule has 4 aromatic carbocycles. The second-order valence-electron chi connectivity index (χ2n) is 12.0. The fourth-order valence-electron chi connectivity index (χ4n) is 5.14. The Hall–Kier alpha value is -3.41. The summed E-state index contributed by atoms with van der Waals surface area (Å²) in [6, 6.07) is 40.7. The highest BCUT2D eigenvalue weighted by atomic mass is 32.3. The standard InChI is InChI=1S/C39H44O5S/c1-45(2,3)25-24-35-37(41-27-32-18-10-5-11-19-32)39(43-29-34-22-14-7-15-23-34)38(42-28-33-20-12-6-13-21-33)36(44-35)30-40-26-31-16-8-4-9-17-31/h4-23,35-39H,26-30H2,1-3H3/t35-,36-,37+,38-,39-/m1/s1. The van der Waals surface area contributed by atoms with Crippen LogP contribution in [0.5, 0.6) is 0 Å². The first kappa shape index (κ1) is 33.0. The van der Waals surface area contributed by atoms with Crippen LogP contribution in [0.2, 0.25) is 0 Å². The molecule has 0 radical (unpaired) electrons. The molecule has 0 saturated carbocycles. The average molecular weight is 625 g/mol. The van der Waals surface area contributed by atoms with Gasteiger partial charge in [0.2, 0.25) is 0 Å². The molecule has 0 amide bonds. The van der Waals surface area contributed by atoms with E-state index in [9.17, 15) is 0 Å². The van der Waals surface area contributed by atoms with Gasteiger partial charge in [-0.3, -0.25) is 0 Å². The van der Waals surface area contributed by atoms with E-state index in [0.29, 0.717) is 33.0 Å². The van der Waals surface area contributed by atoms with Crippen molar-refractivity contribution in [2.24, 2.45) is 0 Å². The van der Waals surface area contributed by atoms with Crippen LogP contribution in [0, 0.1) is 11.2 Å². The molecular formula is C39H44O5S. The minimum Gasteiger partial charge on any atom is -0.374 e. The maximum absolute atomic E-state index is 6.79. The quantitative estimate of drug-likeness (QED) is 0.145. The first-order valence-electron chi connectivity index (χ1n) is 15.4. The van der Waals surface area contributed by atoms with Crippen LogP contribution in [0.15, 0.2) is 121 Å². The molecular weight excluding hydrogens is 580 g/mol. The lowest BCUT2D eigenvalue weighted by Gasteiger charge is -2.45. The summed E-state index contributed by atoms with van der Waals surface area (Å²) in [7, 11) is -1.12. The van der Waals surface area contributed by atoms with Gasteiger partial charge in [0, 0.05) is 0 Å². The van der Waals surface area contributed by atoms with E-state index >= 15 is 0 Å². The fraction of sp³-hybridized carbons (Fsp3) is 0.333. The van der Waals surface area contributed by atoms with E-state index in [1.165, 1.54) is 0 Å². The molecule has 1 saturated heterocycles. The molecule has 0 unspecified atom stereocenters. The van der Waals surface area contributed by atoms with E-state index in [-0.39, 0.29) is 0 Å². The van der Waals surface area contributed by atoms with Gasteiger partial charge in [0.25, 0.3) is 0 Å². The minimum absolute atomic E-state index is 0.325. The van der Waals surface area contributed by atoms with Gasteiger partial charge < -0.3 is 23.7 Å². The Morgan fingerprint density at radius 2 is 0.933 bits per heavy atom. The van der Waals surface area contributed by atoms with Gasteiger partial charge in [-0.25, -0.2) is 0 Å². The molecule has 1 heterocycles. The molecule has 0 aromatic heterocycles. The highest BCUT2D eigenvalue weighted by Gasteiger charge is 2.48. The van der Waals surface area contributed by atoms with Gasteiger partial charge in [-0.05, 0) is 41.0 Å². The number of benzene rings is 4. The van der Waals surface area contributed by atoms with Crippen LogP contribution in [-0.4, -0.2) is 55.9 Å². The van der Waals surface area contributed by atoms with Gasteiger partial charge in [0.05, 0.1) is 33.0 Å². The summed E-state index contributed by atoms with van der Waals surface area (Å²) in [6.07, 6.45) is 4.16. The fourth-order valence-corrected chi connectivity index (χ4v) is 5.61. The topological polar surface area (TPSA) is 46.2 Å². The van der Waals surface area contributed by atoms with Crippen LogP contribution in [0.25, 0.3) is 0 Å². The maximum Gasteiger partial charge on any atom is 0.148 e. The van der Waals surface area contributed by atoms with E-state index in [4.69, 9.17) is 23.7 Å². The Balaban J connectivity index is 1.46. The van der Waals surface area contributed by atoms with Crippen LogP contribution in [-0.2, 0) is 50.1 Å². The molecule has 1 aliphatic heterocycles. The van der Waals surface area contributed by atoms with Gasteiger partial charge in [0.15, 0.2) is 0 Å². The Morgan fingerprint density at radius 1 is 0.533 bits per heavy atom. The van der Waals surface area contributed by atoms with Crippen molar-refractivity contribution in [1.82, 2.24) is 0 Å². The van der Waals surface area contributed by atoms with Crippen LogP contribution < -0.4 is 0 Å². The summed E-state index contributed by atoms with van der Waals surface area (Å²) in [5.41, 5.74) is 4.32. The predicted molar refractivity (Wildman–Crippen MR) is 183 cm³/mol. The van der Waals surface area contributed by atoms with Crippen LogP contribution in [0.4, 0.5) is 0 Å². The maximum atomic E-state index is 6.79. The molecule has 5 rings (SSSR count). The van der Waals surface area contributed by atoms with Gasteiger partial charge >= 0.3 is 0 Å². The molecule has 1 fully saturated rings. The zero-order valence-electron chi connectivity index (χ0n) is 26.4. The molecule has 1 aliphatic rings. The molecule has 236 valence electrons. The van der Waals surface area contributed by atoms with Crippen molar-refractivity contribution in [3.05, 3.63) is 144 Å². The first-order valence-corrected chi connectivity index (χ1v) is 18.2. The van der Waals surface area contributed by atoms with Crippen molar-refractivity contribution in [3.8, 4) is 11.2 Å². The molecule has 0 N–H and O–H groups in total. The SMILES string of the molecule is CS(C)(C)C#C[C@H]1O[C@H](COCc2ccccc2)[C@@H](OCc2ccccc2)[C@H](OCc2ccccc2)[C@H]1OCc1ccccc1. The molecule has 6 heteroatoms. The van der Waals surface area contributed by atoms with Crippen molar-refractivity contribution in [2.45, 2.75) is 56.9 Å². The summed E-state index contributed by atoms with van der Waals surface area (Å²) < 4.78 is 33.2. The summed E-state index contributed by atoms with van der Waals surface area (Å²) in [6.45, 7) is 2.01. The molecule has 45 heavy (non-hydrogen) atoms. The molecule has 0 aliphatic carbocycles. The van der Waals surface area contributed by atoms with Gasteiger partial charge in [-0.1, -0.05) is 133 Å². The van der Waals surface area contributed by atoms with Crippen molar-refractivity contribution >= 4 is 10.0 Å². The second-order valence-corrected chi connectivity index (χ2v) is 15.8. The Kier molecular flexibility index (Phi) is 12.3. The summed E-state index contributed by atoms with van der Waals surface area (Å²) in [5.74, 6) is 3.46. The van der Waals surface area contributed by atoms with E-state index in [1.807, 2.05) is 72.8 Å². The third-order valence-corrected chi connectivity index (χ3v) is 8.12. The highest BCUT2D eigenvalue weighted by Crippen LogP contribution is 2.34. The van der Waals surface area contributed by atoms with E-state index < -0.39 is 40.5 Å². The van der Waals surface area contributed by atoms with Crippen molar-refractivity contribution in [3.63, 3.8) is 0 Å². The van der Waals surface area contributed by atoms with Crippen LogP contribution in [0.3, 0.4) is 0 Å². The number of rotatable bonds is 13. The first-order chi connectivity index (χ1) is 21.9. The van der Waals surface area contributed by atoms with Crippen molar-refractivity contribution < 1.29 is 23.7 Å². The van der Waals surface area contributed by atoms with Crippen LogP contribution in [0.1, 0.15) is 22.3 Å². The third-order valence-electron chi connectivity index (χ3n) is 7.39. The molecule has 0 bridgehead atoms. The summed E-state index contributed by atoms with van der Waals surface area (Å²) >= 11 is 0. The molecule has 4 aromatic rings. The highest BCUT2D eigenvalue weighted by molar-refractivity contribution is 8.35. The van der Waals surface area contributed by atoms with Gasteiger partial charge in [-0.15, -0.1) is 0 Å². The van der Waals surface area contributed by atoms with E-state index in [2.05, 4.69) is 78.5 Å². The Morgan fingerprint density at radius 3 is 1.38 bits per heavy atom. The largest absolute Gasteiger partial charge is 0.374 e. The number of hydrogen-bond donors (Lipinski definition) is 0. The Bertz CT molecular complexity index is 1470. The van der Waals surface area contributed by atoms with Gasteiger partial charge in [0.1, 0.15) is 30.5 Å². The molecule has 0 spiro atoms. The van der Waals surface area contributed by atoms with Crippen molar-refractivity contribution in [1.29, 1.82) is 0 Å². The van der Waals surface area contributed by atoms with Crippen LogP contribution >= 0.6 is 10.0 Å². The predicted octanol–water partition coefficient (Wildman–Crippen LogP) is 7.38. The van der Waals surface area contributed by atoms with Crippen molar-refractivity contribution in [2.75, 3.05) is 25.4 Å². The summed E-state index contributed by atoms with van der Waals surface area (Å²) in [4.78, 5) is 0. The lowest BCUT2D eigenvalue weighted by molar-refractivity contribution is -0.261. The zero-order chi connectivity index (χ0) is 31.3. The van der Waals surface area contributed by atoms with E-state index in [1.54, 1.807) is 0 Å². The lowest BCUT2D eigenvalue weighted by atomic mass is 9.94. The normalized spacial score (nSPS) is 21.9. The number of hydrogen-bond acceptors (Lipinski definition) is 5. The lowest BCUT2D eigenvalue weighted by Crippen LogP contribution is -2.60. The number of ether oxygens (including phenoxy) is 5. The third kappa shape index (κ3) is 10.6. The second kappa shape index (κ2) is 16.8. The average Bonchev–Trinajstić information content (AvgIpc) is 3.06. The zero-order valence-corrected chi connectivity index (χ0v) is 27.2. The monoisotopic (exact) mass is 624 g/mol.